The molecule has 0 aromatic heterocycles. The summed E-state index contributed by atoms with van der Waals surface area (Å²) >= 11 is 0. The van der Waals surface area contributed by atoms with Gasteiger partial charge < -0.3 is 9.22 Å². The number of nitro groups is 1. The summed E-state index contributed by atoms with van der Waals surface area (Å²) in [4.78, 5) is 10.3. The van der Waals surface area contributed by atoms with E-state index in [1.54, 1.807) is 12.1 Å². The lowest BCUT2D eigenvalue weighted by Gasteiger charge is -2.35. The summed E-state index contributed by atoms with van der Waals surface area (Å²) in [5, 5.41) is 19.0. The maximum atomic E-state index is 10.7. The second-order valence-corrected chi connectivity index (χ2v) is 9.87. The molecule has 0 N–H and O–H groups in total. The van der Waals surface area contributed by atoms with Gasteiger partial charge in [-0.3, -0.25) is 10.1 Å². The molecule has 37 heavy (non-hydrogen) atoms. The fraction of sp³-hybridized carbons (Fsp3) is 0.600. The van der Waals surface area contributed by atoms with E-state index in [2.05, 4.69) is 31.0 Å². The molecule has 0 bridgehead atoms. The summed E-state index contributed by atoms with van der Waals surface area (Å²) in [5.74, 6) is 0.835. The Morgan fingerprint density at radius 3 is 1.57 bits per heavy atom. The van der Waals surface area contributed by atoms with Gasteiger partial charge in [0.1, 0.15) is 5.75 Å². The Bertz CT molecular complexity index is 901. The molecule has 0 amide bonds. The number of unbranched alkanes of at least 4 members (excludes halogenated alkanes) is 9. The first-order valence-electron chi connectivity index (χ1n) is 14.3. The zero-order chi connectivity index (χ0) is 26.8. The molecule has 0 aliphatic heterocycles. The second kappa shape index (κ2) is 17.6. The van der Waals surface area contributed by atoms with Crippen molar-refractivity contribution in [1.82, 2.24) is 0 Å². The quantitative estimate of drug-likeness (QED) is 0.0584. The molecule has 0 aliphatic carbocycles. The van der Waals surface area contributed by atoms with Crippen molar-refractivity contribution < 1.29 is 14.1 Å². The predicted molar refractivity (Wildman–Crippen MR) is 152 cm³/mol. The van der Waals surface area contributed by atoms with Gasteiger partial charge >= 0.3 is 0 Å². The van der Waals surface area contributed by atoms with Crippen molar-refractivity contribution in [3.05, 3.63) is 58.6 Å². The van der Waals surface area contributed by atoms with Gasteiger partial charge in [0.2, 0.25) is 0 Å². The van der Waals surface area contributed by atoms with Gasteiger partial charge in [0.25, 0.3) is 5.69 Å². The average Bonchev–Trinajstić information content (AvgIpc) is 2.93. The molecule has 204 valence electrons. The van der Waals surface area contributed by atoms with Gasteiger partial charge in [0, 0.05) is 12.1 Å². The molecule has 7 nitrogen and oxygen atoms in total. The average molecular weight is 512 g/mol. The van der Waals surface area contributed by atoms with Gasteiger partial charge in [0.15, 0.2) is 0 Å². The third-order valence-corrected chi connectivity index (χ3v) is 7.49. The van der Waals surface area contributed by atoms with E-state index in [1.807, 2.05) is 24.3 Å². The van der Waals surface area contributed by atoms with Gasteiger partial charge in [-0.2, -0.15) is 10.2 Å². The van der Waals surface area contributed by atoms with E-state index in [4.69, 9.17) is 4.74 Å². The largest absolute Gasteiger partial charge is 0.494 e. The smallest absolute Gasteiger partial charge is 0.269 e. The zero-order valence-corrected chi connectivity index (χ0v) is 23.2. The van der Waals surface area contributed by atoms with Crippen LogP contribution in [0.1, 0.15) is 85.0 Å². The lowest BCUT2D eigenvalue weighted by Crippen LogP contribution is -2.48. The maximum absolute atomic E-state index is 10.7. The molecule has 0 saturated heterocycles. The summed E-state index contributed by atoms with van der Waals surface area (Å²) in [5.41, 5.74) is 1.32. The number of quaternary nitrogens is 1. The third-order valence-electron chi connectivity index (χ3n) is 7.49. The summed E-state index contributed by atoms with van der Waals surface area (Å²) in [7, 11) is 0. The van der Waals surface area contributed by atoms with E-state index >= 15 is 0 Å². The lowest BCUT2D eigenvalue weighted by molar-refractivity contribution is -0.923. The second-order valence-electron chi connectivity index (χ2n) is 9.87. The first kappa shape index (κ1) is 30.4. The molecule has 2 aromatic rings. The molecule has 2 rings (SSSR count). The molecular formula is C30H47N4O3+. The summed E-state index contributed by atoms with van der Waals surface area (Å²) in [6.45, 7) is 12.9. The highest BCUT2D eigenvalue weighted by atomic mass is 16.6. The standard InChI is InChI=1S/C30H47N4O3/c1-4-34(5-2,6-3)25-15-13-11-9-7-8-10-12-14-16-26-37-30-23-19-28(20-24-30)32-31-27-17-21-29(22-18-27)33(35)36/h17-24H,4-16,25-26H2,1-3H3/q+1. The minimum atomic E-state index is -0.431. The van der Waals surface area contributed by atoms with Crippen LogP contribution in [0.3, 0.4) is 0 Å². The highest BCUT2D eigenvalue weighted by Gasteiger charge is 2.19. The predicted octanol–water partition coefficient (Wildman–Crippen LogP) is 9.17. The van der Waals surface area contributed by atoms with Crippen molar-refractivity contribution in [2.24, 2.45) is 10.2 Å². The molecule has 7 heteroatoms. The van der Waals surface area contributed by atoms with Crippen LogP contribution in [0.5, 0.6) is 5.75 Å². The molecule has 2 aromatic carbocycles. The van der Waals surface area contributed by atoms with Gasteiger partial charge in [-0.15, -0.1) is 0 Å². The van der Waals surface area contributed by atoms with E-state index in [-0.39, 0.29) is 5.69 Å². The number of non-ortho nitro benzene ring substituents is 1. The summed E-state index contributed by atoms with van der Waals surface area (Å²) in [6, 6.07) is 13.5. The fourth-order valence-corrected chi connectivity index (χ4v) is 4.66. The Morgan fingerprint density at radius 2 is 1.11 bits per heavy atom. The number of azo groups is 1. The summed E-state index contributed by atoms with van der Waals surface area (Å²) in [6.07, 6.45) is 13.2. The Hall–Kier alpha value is -2.80. The van der Waals surface area contributed by atoms with Crippen LogP contribution >= 0.6 is 0 Å². The first-order chi connectivity index (χ1) is 18.0. The number of nitro benzene ring substituents is 1. The monoisotopic (exact) mass is 511 g/mol. The van der Waals surface area contributed by atoms with E-state index in [9.17, 15) is 10.1 Å². The molecule has 0 saturated carbocycles. The molecule has 0 unspecified atom stereocenters. The van der Waals surface area contributed by atoms with Crippen molar-refractivity contribution in [2.45, 2.75) is 85.0 Å². The van der Waals surface area contributed by atoms with Crippen molar-refractivity contribution in [3.63, 3.8) is 0 Å². The molecule has 0 spiro atoms. The normalized spacial score (nSPS) is 11.8. The van der Waals surface area contributed by atoms with Crippen LogP contribution in [0.4, 0.5) is 17.1 Å². The van der Waals surface area contributed by atoms with Crippen LogP contribution in [0.2, 0.25) is 0 Å². The molecule has 0 fully saturated rings. The zero-order valence-electron chi connectivity index (χ0n) is 23.2. The van der Waals surface area contributed by atoms with Crippen LogP contribution in [-0.2, 0) is 0 Å². The van der Waals surface area contributed by atoms with Gasteiger partial charge in [-0.05, 0) is 76.4 Å². The van der Waals surface area contributed by atoms with E-state index < -0.39 is 4.92 Å². The molecular weight excluding hydrogens is 464 g/mol. The SMILES string of the molecule is CC[N+](CC)(CC)CCCCCCCCCCCCOc1ccc(N=Nc2ccc([N+](=O)[O-])cc2)cc1. The number of hydrogen-bond acceptors (Lipinski definition) is 5. The Balaban J connectivity index is 1.47. The van der Waals surface area contributed by atoms with E-state index in [1.165, 1.54) is 101 Å². The highest BCUT2D eigenvalue weighted by Crippen LogP contribution is 2.23. The van der Waals surface area contributed by atoms with Gasteiger partial charge in [-0.25, -0.2) is 0 Å². The molecule has 0 atom stereocenters. The van der Waals surface area contributed by atoms with Crippen LogP contribution in [0.15, 0.2) is 58.8 Å². The van der Waals surface area contributed by atoms with Crippen molar-refractivity contribution in [3.8, 4) is 5.75 Å². The van der Waals surface area contributed by atoms with Crippen LogP contribution in [0, 0.1) is 10.1 Å². The number of rotatable bonds is 20. The molecule has 0 aliphatic rings. The summed E-state index contributed by atoms with van der Waals surface area (Å²) < 4.78 is 7.14. The van der Waals surface area contributed by atoms with Crippen LogP contribution < -0.4 is 4.74 Å². The Kier molecular flexibility index (Phi) is 14.5. The Labute approximate surface area is 223 Å². The van der Waals surface area contributed by atoms with Gasteiger partial charge in [-0.1, -0.05) is 44.9 Å². The Morgan fingerprint density at radius 1 is 0.676 bits per heavy atom. The maximum Gasteiger partial charge on any atom is 0.269 e. The topological polar surface area (TPSA) is 77.1 Å². The van der Waals surface area contributed by atoms with Crippen LogP contribution in [0.25, 0.3) is 0 Å². The highest BCUT2D eigenvalue weighted by molar-refractivity contribution is 5.45. The lowest BCUT2D eigenvalue weighted by atomic mass is 10.1. The van der Waals surface area contributed by atoms with E-state index in [0.717, 1.165) is 18.8 Å². The number of benzene rings is 2. The van der Waals surface area contributed by atoms with E-state index in [0.29, 0.717) is 11.4 Å². The van der Waals surface area contributed by atoms with Crippen molar-refractivity contribution in [1.29, 1.82) is 0 Å². The van der Waals surface area contributed by atoms with Crippen molar-refractivity contribution >= 4 is 17.1 Å². The third kappa shape index (κ3) is 11.9. The fourth-order valence-electron chi connectivity index (χ4n) is 4.66. The number of hydrogen-bond donors (Lipinski definition) is 0. The minimum absolute atomic E-state index is 0.0402. The number of ether oxygens (including phenoxy) is 1. The first-order valence-corrected chi connectivity index (χ1v) is 14.3. The van der Waals surface area contributed by atoms with Gasteiger partial charge in [0.05, 0.1) is 49.1 Å². The number of nitrogens with zero attached hydrogens (tertiary/aromatic N) is 4. The molecule has 0 radical (unpaired) electrons. The molecule has 0 heterocycles. The van der Waals surface area contributed by atoms with Crippen LogP contribution in [-0.4, -0.2) is 42.2 Å². The minimum Gasteiger partial charge on any atom is -0.494 e. The van der Waals surface area contributed by atoms with Crippen molar-refractivity contribution in [2.75, 3.05) is 32.8 Å².